The molecule has 2 nitrogen and oxygen atoms in total. The van der Waals surface area contributed by atoms with Crippen molar-refractivity contribution in [3.8, 4) is 0 Å². The largest absolute Gasteiger partial charge is 0.303 e. The molecular weight excluding hydrogens is 150 g/mol. The second-order valence-electron chi connectivity index (χ2n) is 3.29. The van der Waals surface area contributed by atoms with Crippen LogP contribution in [0.1, 0.15) is 40.0 Å². The van der Waals surface area contributed by atoms with Gasteiger partial charge in [-0.3, -0.25) is 0 Å². The van der Waals surface area contributed by atoms with Crippen LogP contribution in [0.3, 0.4) is 0 Å². The van der Waals surface area contributed by atoms with Gasteiger partial charge >= 0.3 is 0 Å². The van der Waals surface area contributed by atoms with Crippen LogP contribution in [0.4, 0.5) is 0 Å². The SMILES string of the molecule is CCCN(CCC)C(C)CC=O. The number of carbonyl (C=O) groups is 1. The van der Waals surface area contributed by atoms with Gasteiger partial charge in [0.1, 0.15) is 6.29 Å². The zero-order valence-electron chi connectivity index (χ0n) is 8.55. The van der Waals surface area contributed by atoms with Crippen LogP contribution in [0.5, 0.6) is 0 Å². The molecule has 2 heteroatoms. The van der Waals surface area contributed by atoms with Crippen molar-refractivity contribution in [3.05, 3.63) is 0 Å². The lowest BCUT2D eigenvalue weighted by Gasteiger charge is -2.26. The Morgan fingerprint density at radius 3 is 2.08 bits per heavy atom. The van der Waals surface area contributed by atoms with E-state index in [0.717, 1.165) is 19.4 Å². The third-order valence-corrected chi connectivity index (χ3v) is 2.08. The molecule has 12 heavy (non-hydrogen) atoms. The molecule has 1 atom stereocenters. The van der Waals surface area contributed by atoms with E-state index < -0.39 is 0 Å². The van der Waals surface area contributed by atoms with E-state index >= 15 is 0 Å². The van der Waals surface area contributed by atoms with Gasteiger partial charge in [0.25, 0.3) is 0 Å². The molecule has 0 amide bonds. The lowest BCUT2D eigenvalue weighted by Crippen LogP contribution is -2.34. The van der Waals surface area contributed by atoms with E-state index in [1.165, 1.54) is 12.8 Å². The number of nitrogens with zero attached hydrogens (tertiary/aromatic N) is 1. The lowest BCUT2D eigenvalue weighted by molar-refractivity contribution is -0.108. The molecule has 0 N–H and O–H groups in total. The van der Waals surface area contributed by atoms with Crippen molar-refractivity contribution in [1.82, 2.24) is 4.90 Å². The fourth-order valence-corrected chi connectivity index (χ4v) is 1.42. The van der Waals surface area contributed by atoms with Gasteiger partial charge in [0.2, 0.25) is 0 Å². The Morgan fingerprint density at radius 1 is 1.25 bits per heavy atom. The Kier molecular flexibility index (Phi) is 7.06. The van der Waals surface area contributed by atoms with E-state index in [0.29, 0.717) is 12.5 Å². The van der Waals surface area contributed by atoms with Crippen molar-refractivity contribution in [1.29, 1.82) is 0 Å². The summed E-state index contributed by atoms with van der Waals surface area (Å²) in [5, 5.41) is 0. The smallest absolute Gasteiger partial charge is 0.121 e. The molecule has 0 aromatic heterocycles. The predicted octanol–water partition coefficient (Wildman–Crippen LogP) is 2.09. The summed E-state index contributed by atoms with van der Waals surface area (Å²) < 4.78 is 0. The molecule has 0 fully saturated rings. The molecule has 1 unspecified atom stereocenters. The second kappa shape index (κ2) is 7.29. The van der Waals surface area contributed by atoms with Crippen LogP contribution >= 0.6 is 0 Å². The molecule has 0 rings (SSSR count). The highest BCUT2D eigenvalue weighted by Crippen LogP contribution is 2.04. The highest BCUT2D eigenvalue weighted by molar-refractivity contribution is 5.50. The molecule has 0 spiro atoms. The van der Waals surface area contributed by atoms with Crippen molar-refractivity contribution in [2.24, 2.45) is 0 Å². The quantitative estimate of drug-likeness (QED) is 0.547. The second-order valence-corrected chi connectivity index (χ2v) is 3.29. The molecule has 0 aromatic rings. The standard InChI is InChI=1S/C10H21NO/c1-4-7-11(8-5-2)10(3)6-9-12/h9-10H,4-8H2,1-3H3. The summed E-state index contributed by atoms with van der Waals surface area (Å²) in [5.41, 5.74) is 0. The van der Waals surface area contributed by atoms with Crippen LogP contribution in [0.2, 0.25) is 0 Å². The molecule has 0 aromatic carbocycles. The highest BCUT2D eigenvalue weighted by Gasteiger charge is 2.10. The molecule has 0 saturated carbocycles. The first-order chi connectivity index (χ1) is 5.76. The molecule has 0 bridgehead atoms. The number of rotatable bonds is 7. The number of aldehydes is 1. The van der Waals surface area contributed by atoms with Gasteiger partial charge in [0.05, 0.1) is 0 Å². The van der Waals surface area contributed by atoms with Crippen molar-refractivity contribution < 1.29 is 4.79 Å². The Bertz CT molecular complexity index is 108. The van der Waals surface area contributed by atoms with Crippen LogP contribution < -0.4 is 0 Å². The van der Waals surface area contributed by atoms with Gasteiger partial charge < -0.3 is 9.69 Å². The minimum absolute atomic E-state index is 0.419. The zero-order valence-corrected chi connectivity index (χ0v) is 8.55. The third-order valence-electron chi connectivity index (χ3n) is 2.08. The summed E-state index contributed by atoms with van der Waals surface area (Å²) in [6.07, 6.45) is 4.02. The molecule has 72 valence electrons. The van der Waals surface area contributed by atoms with Gasteiger partial charge in [-0.2, -0.15) is 0 Å². The number of hydrogen-bond donors (Lipinski definition) is 0. The minimum Gasteiger partial charge on any atom is -0.303 e. The first-order valence-corrected chi connectivity index (χ1v) is 4.93. The topological polar surface area (TPSA) is 20.3 Å². The Labute approximate surface area is 75.9 Å². The van der Waals surface area contributed by atoms with E-state index in [1.807, 2.05) is 0 Å². The van der Waals surface area contributed by atoms with E-state index in [-0.39, 0.29) is 0 Å². The average molecular weight is 171 g/mol. The summed E-state index contributed by atoms with van der Waals surface area (Å²) in [5.74, 6) is 0. The van der Waals surface area contributed by atoms with Crippen molar-refractivity contribution in [2.45, 2.75) is 46.1 Å². The molecule has 0 aliphatic heterocycles. The summed E-state index contributed by atoms with van der Waals surface area (Å²) in [4.78, 5) is 12.7. The number of carbonyl (C=O) groups excluding carboxylic acids is 1. The van der Waals surface area contributed by atoms with E-state index in [1.54, 1.807) is 0 Å². The van der Waals surface area contributed by atoms with Crippen LogP contribution in [-0.4, -0.2) is 30.3 Å². The van der Waals surface area contributed by atoms with Gasteiger partial charge in [-0.15, -0.1) is 0 Å². The minimum atomic E-state index is 0.419. The summed E-state index contributed by atoms with van der Waals surface area (Å²) in [6.45, 7) is 8.71. The molecule has 0 aliphatic rings. The highest BCUT2D eigenvalue weighted by atomic mass is 16.1. The normalized spacial score (nSPS) is 13.3. The lowest BCUT2D eigenvalue weighted by atomic mass is 10.2. The maximum atomic E-state index is 10.3. The molecular formula is C10H21NO. The fourth-order valence-electron chi connectivity index (χ4n) is 1.42. The molecule has 0 radical (unpaired) electrons. The van der Waals surface area contributed by atoms with Gasteiger partial charge in [-0.25, -0.2) is 0 Å². The summed E-state index contributed by atoms with van der Waals surface area (Å²) in [6, 6.07) is 0.419. The van der Waals surface area contributed by atoms with Gasteiger partial charge in [0, 0.05) is 12.5 Å². The van der Waals surface area contributed by atoms with Crippen LogP contribution in [0.25, 0.3) is 0 Å². The average Bonchev–Trinajstić information content (AvgIpc) is 2.04. The molecule has 0 heterocycles. The fraction of sp³-hybridized carbons (Fsp3) is 0.900. The van der Waals surface area contributed by atoms with Gasteiger partial charge in [0.15, 0.2) is 0 Å². The Hall–Kier alpha value is -0.370. The van der Waals surface area contributed by atoms with Crippen molar-refractivity contribution in [3.63, 3.8) is 0 Å². The predicted molar refractivity (Wildman–Crippen MR) is 52.3 cm³/mol. The third kappa shape index (κ3) is 4.50. The first-order valence-electron chi connectivity index (χ1n) is 4.93. The molecule has 0 aliphatic carbocycles. The summed E-state index contributed by atoms with van der Waals surface area (Å²) in [7, 11) is 0. The maximum absolute atomic E-state index is 10.3. The molecule has 0 saturated heterocycles. The van der Waals surface area contributed by atoms with E-state index in [9.17, 15) is 4.79 Å². The van der Waals surface area contributed by atoms with Crippen LogP contribution in [0.15, 0.2) is 0 Å². The van der Waals surface area contributed by atoms with Crippen molar-refractivity contribution in [2.75, 3.05) is 13.1 Å². The van der Waals surface area contributed by atoms with Gasteiger partial charge in [-0.05, 0) is 32.9 Å². The van der Waals surface area contributed by atoms with Crippen LogP contribution in [0, 0.1) is 0 Å². The van der Waals surface area contributed by atoms with Gasteiger partial charge in [-0.1, -0.05) is 13.8 Å². The monoisotopic (exact) mass is 171 g/mol. The van der Waals surface area contributed by atoms with E-state index in [4.69, 9.17) is 0 Å². The number of hydrogen-bond acceptors (Lipinski definition) is 2. The Morgan fingerprint density at radius 2 is 1.75 bits per heavy atom. The van der Waals surface area contributed by atoms with Crippen molar-refractivity contribution >= 4 is 6.29 Å². The Balaban J connectivity index is 3.80. The first kappa shape index (κ1) is 11.6. The maximum Gasteiger partial charge on any atom is 0.121 e. The van der Waals surface area contributed by atoms with E-state index in [2.05, 4.69) is 25.7 Å². The van der Waals surface area contributed by atoms with Crippen LogP contribution in [-0.2, 0) is 4.79 Å². The zero-order chi connectivity index (χ0) is 9.40. The summed E-state index contributed by atoms with van der Waals surface area (Å²) >= 11 is 0.